The summed E-state index contributed by atoms with van der Waals surface area (Å²) in [6, 6.07) is 8.92. The summed E-state index contributed by atoms with van der Waals surface area (Å²) in [5.74, 6) is -0.0884. The van der Waals surface area contributed by atoms with Crippen molar-refractivity contribution in [3.05, 3.63) is 53.6 Å². The molecule has 0 aliphatic carbocycles. The predicted octanol–water partition coefficient (Wildman–Crippen LogP) is 1.58. The Labute approximate surface area is 128 Å². The van der Waals surface area contributed by atoms with Crippen LogP contribution in [0.5, 0.6) is 0 Å². The van der Waals surface area contributed by atoms with Crippen LogP contribution in [0.3, 0.4) is 0 Å². The summed E-state index contributed by atoms with van der Waals surface area (Å²) < 4.78 is 5.76. The van der Waals surface area contributed by atoms with Crippen molar-refractivity contribution in [2.24, 2.45) is 0 Å². The Bertz CT molecular complexity index is 655. The highest BCUT2D eigenvalue weighted by atomic mass is 16.5. The van der Waals surface area contributed by atoms with Crippen molar-refractivity contribution >= 4 is 11.6 Å². The fraction of sp³-hybridized carbons (Fsp3) is 0.312. The van der Waals surface area contributed by atoms with E-state index in [2.05, 4.69) is 9.97 Å². The van der Waals surface area contributed by atoms with Gasteiger partial charge in [0.05, 0.1) is 18.8 Å². The summed E-state index contributed by atoms with van der Waals surface area (Å²) in [6.45, 7) is 3.36. The molecule has 0 radical (unpaired) electrons. The molecule has 1 amide bonds. The first-order valence-electron chi connectivity index (χ1n) is 7.19. The average Bonchev–Trinajstić information content (AvgIpc) is 2.54. The second-order valence-corrected chi connectivity index (χ2v) is 5.29. The van der Waals surface area contributed by atoms with Gasteiger partial charge in [-0.3, -0.25) is 14.8 Å². The van der Waals surface area contributed by atoms with Crippen molar-refractivity contribution in [1.82, 2.24) is 14.9 Å². The first-order valence-corrected chi connectivity index (χ1v) is 7.19. The highest BCUT2D eigenvalue weighted by Crippen LogP contribution is 2.23. The van der Waals surface area contributed by atoms with Crippen LogP contribution in [-0.4, -0.2) is 40.5 Å². The molecule has 22 heavy (non-hydrogen) atoms. The number of aromatic nitrogens is 2. The van der Waals surface area contributed by atoms with Crippen LogP contribution in [0.1, 0.15) is 28.0 Å². The second kappa shape index (κ2) is 6.11. The highest BCUT2D eigenvalue weighted by molar-refractivity contribution is 5.92. The molecule has 2 N–H and O–H groups in total. The van der Waals surface area contributed by atoms with Gasteiger partial charge in [0.2, 0.25) is 0 Å². The van der Waals surface area contributed by atoms with Gasteiger partial charge in [0.15, 0.2) is 0 Å². The van der Waals surface area contributed by atoms with Crippen LogP contribution in [0, 0.1) is 6.92 Å². The SMILES string of the molecule is Cc1cc(N)cc([C@@H]2CN(C(=O)c3ccccn3)CCO2)n1. The summed E-state index contributed by atoms with van der Waals surface area (Å²) in [6.07, 6.45) is 1.36. The minimum absolute atomic E-state index is 0.0884. The van der Waals surface area contributed by atoms with Crippen LogP contribution >= 0.6 is 0 Å². The number of nitrogens with zero attached hydrogens (tertiary/aromatic N) is 3. The molecule has 6 heteroatoms. The van der Waals surface area contributed by atoms with E-state index < -0.39 is 0 Å². The Hall–Kier alpha value is -2.47. The van der Waals surface area contributed by atoms with Crippen molar-refractivity contribution in [1.29, 1.82) is 0 Å². The minimum atomic E-state index is -0.261. The Morgan fingerprint density at radius 2 is 2.27 bits per heavy atom. The number of hydrogen-bond donors (Lipinski definition) is 1. The molecule has 0 spiro atoms. The van der Waals surface area contributed by atoms with Crippen molar-refractivity contribution in [3.8, 4) is 0 Å². The van der Waals surface area contributed by atoms with Gasteiger partial charge in [0.25, 0.3) is 5.91 Å². The Morgan fingerprint density at radius 3 is 3.00 bits per heavy atom. The summed E-state index contributed by atoms with van der Waals surface area (Å²) >= 11 is 0. The molecule has 3 heterocycles. The van der Waals surface area contributed by atoms with Gasteiger partial charge in [-0.25, -0.2) is 0 Å². The number of rotatable bonds is 2. The molecule has 0 unspecified atom stereocenters. The number of morpholine rings is 1. The molecule has 6 nitrogen and oxygen atoms in total. The second-order valence-electron chi connectivity index (χ2n) is 5.29. The molecule has 0 aromatic carbocycles. The lowest BCUT2D eigenvalue weighted by molar-refractivity contribution is -0.0249. The largest absolute Gasteiger partial charge is 0.399 e. The van der Waals surface area contributed by atoms with Gasteiger partial charge in [0, 0.05) is 24.1 Å². The molecule has 0 saturated carbocycles. The van der Waals surface area contributed by atoms with Gasteiger partial charge in [-0.05, 0) is 31.2 Å². The zero-order valence-electron chi connectivity index (χ0n) is 12.4. The van der Waals surface area contributed by atoms with Gasteiger partial charge in [-0.15, -0.1) is 0 Å². The number of amides is 1. The van der Waals surface area contributed by atoms with E-state index in [-0.39, 0.29) is 12.0 Å². The first-order chi connectivity index (χ1) is 10.6. The van der Waals surface area contributed by atoms with Gasteiger partial charge < -0.3 is 15.4 Å². The molecule has 1 saturated heterocycles. The molecular weight excluding hydrogens is 280 g/mol. The van der Waals surface area contributed by atoms with Crippen LogP contribution < -0.4 is 5.73 Å². The van der Waals surface area contributed by atoms with Crippen LogP contribution in [0.15, 0.2) is 36.5 Å². The summed E-state index contributed by atoms with van der Waals surface area (Å²) in [5, 5.41) is 0. The van der Waals surface area contributed by atoms with E-state index >= 15 is 0 Å². The summed E-state index contributed by atoms with van der Waals surface area (Å²) in [4.78, 5) is 22.8. The van der Waals surface area contributed by atoms with E-state index in [0.717, 1.165) is 11.4 Å². The number of aryl methyl sites for hydroxylation is 1. The fourth-order valence-corrected chi connectivity index (χ4v) is 2.55. The highest BCUT2D eigenvalue weighted by Gasteiger charge is 2.27. The molecule has 1 aliphatic rings. The zero-order chi connectivity index (χ0) is 15.5. The molecule has 1 fully saturated rings. The minimum Gasteiger partial charge on any atom is -0.399 e. The molecule has 1 atom stereocenters. The predicted molar refractivity (Wildman–Crippen MR) is 82.2 cm³/mol. The zero-order valence-corrected chi connectivity index (χ0v) is 12.4. The van der Waals surface area contributed by atoms with Crippen LogP contribution in [0.4, 0.5) is 5.69 Å². The van der Waals surface area contributed by atoms with E-state index in [1.807, 2.05) is 13.0 Å². The standard InChI is InChI=1S/C16H18N4O2/c1-11-8-12(17)9-14(19-11)15-10-20(6-7-22-15)16(21)13-4-2-3-5-18-13/h2-5,8-9,15H,6-7,10H2,1H3,(H2,17,19)/t15-/m0/s1. The number of ether oxygens (including phenoxy) is 1. The summed E-state index contributed by atoms with van der Waals surface area (Å²) in [5.41, 5.74) is 8.56. The molecule has 1 aliphatic heterocycles. The molecule has 3 rings (SSSR count). The Balaban J connectivity index is 1.78. The van der Waals surface area contributed by atoms with E-state index in [9.17, 15) is 4.79 Å². The number of pyridine rings is 2. The third-order valence-electron chi connectivity index (χ3n) is 3.56. The Morgan fingerprint density at radius 1 is 1.41 bits per heavy atom. The number of carbonyl (C=O) groups excluding carboxylic acids is 1. The smallest absolute Gasteiger partial charge is 0.272 e. The molecule has 114 valence electrons. The van der Waals surface area contributed by atoms with Crippen LogP contribution in [0.25, 0.3) is 0 Å². The average molecular weight is 298 g/mol. The van der Waals surface area contributed by atoms with E-state index in [1.54, 1.807) is 35.4 Å². The van der Waals surface area contributed by atoms with Crippen molar-refractivity contribution in [2.45, 2.75) is 13.0 Å². The molecular formula is C16H18N4O2. The topological polar surface area (TPSA) is 81.3 Å². The lowest BCUT2D eigenvalue weighted by Gasteiger charge is -2.32. The number of carbonyl (C=O) groups is 1. The van der Waals surface area contributed by atoms with Gasteiger partial charge in [-0.1, -0.05) is 6.07 Å². The van der Waals surface area contributed by atoms with Crippen LogP contribution in [-0.2, 0) is 4.74 Å². The molecule has 0 bridgehead atoms. The maximum absolute atomic E-state index is 12.5. The number of anilines is 1. The van der Waals surface area contributed by atoms with Gasteiger partial charge in [-0.2, -0.15) is 0 Å². The maximum atomic E-state index is 12.5. The number of hydrogen-bond acceptors (Lipinski definition) is 5. The van der Waals surface area contributed by atoms with E-state index in [4.69, 9.17) is 10.5 Å². The molecule has 2 aromatic heterocycles. The van der Waals surface area contributed by atoms with Gasteiger partial charge >= 0.3 is 0 Å². The summed E-state index contributed by atoms with van der Waals surface area (Å²) in [7, 11) is 0. The number of nitrogen functional groups attached to an aromatic ring is 1. The lowest BCUT2D eigenvalue weighted by Crippen LogP contribution is -2.42. The molecule has 2 aromatic rings. The van der Waals surface area contributed by atoms with Crippen LogP contribution in [0.2, 0.25) is 0 Å². The monoisotopic (exact) mass is 298 g/mol. The fourth-order valence-electron chi connectivity index (χ4n) is 2.55. The van der Waals surface area contributed by atoms with E-state index in [1.165, 1.54) is 0 Å². The quantitative estimate of drug-likeness (QED) is 0.910. The third-order valence-corrected chi connectivity index (χ3v) is 3.56. The normalized spacial score (nSPS) is 18.2. The van der Waals surface area contributed by atoms with Gasteiger partial charge in [0.1, 0.15) is 11.8 Å². The van der Waals surface area contributed by atoms with Crippen molar-refractivity contribution < 1.29 is 9.53 Å². The Kier molecular flexibility index (Phi) is 4.02. The van der Waals surface area contributed by atoms with Crippen molar-refractivity contribution in [3.63, 3.8) is 0 Å². The lowest BCUT2D eigenvalue weighted by atomic mass is 10.1. The first kappa shape index (κ1) is 14.5. The van der Waals surface area contributed by atoms with E-state index in [0.29, 0.717) is 31.1 Å². The number of nitrogens with two attached hydrogens (primary N) is 1. The maximum Gasteiger partial charge on any atom is 0.272 e. The third kappa shape index (κ3) is 3.07. The van der Waals surface area contributed by atoms with Crippen molar-refractivity contribution in [2.75, 3.05) is 25.4 Å².